The molecule has 3 fully saturated rings. The van der Waals surface area contributed by atoms with E-state index in [4.69, 9.17) is 9.47 Å². The lowest BCUT2D eigenvalue weighted by Crippen LogP contribution is -2.49. The van der Waals surface area contributed by atoms with Gasteiger partial charge in [-0.05, 0) is 72.4 Å². The normalized spacial score (nSPS) is 29.7. The average Bonchev–Trinajstić information content (AvgIpc) is 3.72. The molecule has 1 saturated heterocycles. The lowest BCUT2D eigenvalue weighted by Gasteiger charge is -2.36. The van der Waals surface area contributed by atoms with Crippen molar-refractivity contribution in [2.24, 2.45) is 0 Å². The minimum Gasteiger partial charge on any atom is -0.483 e. The Hall–Kier alpha value is -2.13. The summed E-state index contributed by atoms with van der Waals surface area (Å²) in [6, 6.07) is 12.5. The summed E-state index contributed by atoms with van der Waals surface area (Å²) < 4.78 is 36.3. The molecule has 6 rings (SSSR count). The van der Waals surface area contributed by atoms with Crippen molar-refractivity contribution in [3.05, 3.63) is 58.7 Å². The predicted octanol–water partition coefficient (Wildman–Crippen LogP) is 3.05. The van der Waals surface area contributed by atoms with Crippen LogP contribution in [0.2, 0.25) is 0 Å². The van der Waals surface area contributed by atoms with Gasteiger partial charge in [-0.15, -0.1) is 0 Å². The molecule has 2 heterocycles. The first-order valence-electron chi connectivity index (χ1n) is 12.1. The number of fused-ring (bicyclic) bond motifs is 1. The molecule has 8 heteroatoms. The molecule has 7 nitrogen and oxygen atoms in total. The van der Waals surface area contributed by atoms with Crippen molar-refractivity contribution in [1.82, 2.24) is 0 Å². The maximum atomic E-state index is 12.1. The zero-order chi connectivity index (χ0) is 23.7. The van der Waals surface area contributed by atoms with E-state index in [0.717, 1.165) is 49.1 Å². The second-order valence-electron chi connectivity index (χ2n) is 10.5. The van der Waals surface area contributed by atoms with E-state index in [1.165, 1.54) is 29.5 Å². The number of ether oxygens (including phenoxy) is 2. The first-order valence-corrected chi connectivity index (χ1v) is 14.1. The van der Waals surface area contributed by atoms with Crippen LogP contribution in [0.1, 0.15) is 66.4 Å². The molecule has 2 saturated carbocycles. The van der Waals surface area contributed by atoms with Crippen LogP contribution in [0, 0.1) is 0 Å². The van der Waals surface area contributed by atoms with Crippen LogP contribution < -0.4 is 10.1 Å². The molecule has 0 unspecified atom stereocenters. The first kappa shape index (κ1) is 22.3. The monoisotopic (exact) mass is 485 g/mol. The first-order chi connectivity index (χ1) is 16.2. The van der Waals surface area contributed by atoms with Gasteiger partial charge in [-0.2, -0.15) is 0 Å². The van der Waals surface area contributed by atoms with Crippen LogP contribution in [0.25, 0.3) is 0 Å². The van der Waals surface area contributed by atoms with Crippen molar-refractivity contribution in [3.8, 4) is 5.75 Å². The van der Waals surface area contributed by atoms with Gasteiger partial charge in [-0.25, -0.2) is 8.42 Å². The Balaban J connectivity index is 1.28. The van der Waals surface area contributed by atoms with Crippen LogP contribution in [0.5, 0.6) is 5.75 Å². The molecule has 182 valence electrons. The van der Waals surface area contributed by atoms with E-state index < -0.39 is 33.6 Å². The summed E-state index contributed by atoms with van der Waals surface area (Å²) in [5.41, 5.74) is 4.11. The van der Waals surface area contributed by atoms with Crippen molar-refractivity contribution in [3.63, 3.8) is 0 Å². The van der Waals surface area contributed by atoms with E-state index in [2.05, 4.69) is 35.6 Å². The molecular formula is C26H31NO6S. The lowest BCUT2D eigenvalue weighted by atomic mass is 9.91. The number of benzene rings is 2. The summed E-state index contributed by atoms with van der Waals surface area (Å²) >= 11 is 0. The molecule has 4 atom stereocenters. The van der Waals surface area contributed by atoms with Crippen molar-refractivity contribution in [1.29, 1.82) is 0 Å². The van der Waals surface area contributed by atoms with Gasteiger partial charge >= 0.3 is 0 Å². The lowest BCUT2D eigenvalue weighted by molar-refractivity contribution is -0.140. The van der Waals surface area contributed by atoms with Gasteiger partial charge in [0.2, 0.25) is 0 Å². The Labute approximate surface area is 200 Å². The number of aliphatic hydroxyl groups excluding tert-OH is 2. The summed E-state index contributed by atoms with van der Waals surface area (Å²) in [6.45, 7) is 0.848. The van der Waals surface area contributed by atoms with Crippen LogP contribution in [-0.4, -0.2) is 54.7 Å². The van der Waals surface area contributed by atoms with Crippen LogP contribution >= 0.6 is 0 Å². The fourth-order valence-electron chi connectivity index (χ4n) is 5.26. The Morgan fingerprint density at radius 1 is 1.12 bits per heavy atom. The standard InChI is InChI=1S/C26H31NO6S/c1-34(30,31)25-24(29)21(28)13-23(32-25)17-5-6-19(16-3-4-16)18(12-17)10-15-2-7-22-20(11-15)27-14-26(33-22)8-9-26/h2,5-7,11-12,16,21,23-25,27-29H,3-4,8-10,13-14H2,1H3/t21-,23-,24+,25-/m1/s1. The Kier molecular flexibility index (Phi) is 5.22. The summed E-state index contributed by atoms with van der Waals surface area (Å²) in [6.07, 6.45) is 3.27. The quantitative estimate of drug-likeness (QED) is 0.598. The summed E-state index contributed by atoms with van der Waals surface area (Å²) in [4.78, 5) is 0. The van der Waals surface area contributed by atoms with E-state index in [9.17, 15) is 18.6 Å². The number of sulfone groups is 1. The largest absolute Gasteiger partial charge is 0.483 e. The fourth-order valence-corrected chi connectivity index (χ4v) is 6.28. The summed E-state index contributed by atoms with van der Waals surface area (Å²) in [7, 11) is -3.68. The van der Waals surface area contributed by atoms with Crippen LogP contribution in [0.15, 0.2) is 36.4 Å². The average molecular weight is 486 g/mol. The van der Waals surface area contributed by atoms with E-state index in [1.54, 1.807) is 0 Å². The summed E-state index contributed by atoms with van der Waals surface area (Å²) in [5, 5.41) is 24.0. The second kappa shape index (κ2) is 7.95. The number of nitrogens with one attached hydrogen (secondary N) is 1. The van der Waals surface area contributed by atoms with E-state index in [1.807, 2.05) is 6.07 Å². The highest BCUT2D eigenvalue weighted by molar-refractivity contribution is 7.91. The minimum atomic E-state index is -3.68. The third kappa shape index (κ3) is 4.21. The van der Waals surface area contributed by atoms with Gasteiger partial charge in [0, 0.05) is 12.7 Å². The second-order valence-corrected chi connectivity index (χ2v) is 12.6. The molecule has 0 radical (unpaired) electrons. The van der Waals surface area contributed by atoms with Crippen molar-refractivity contribution in [2.75, 3.05) is 18.1 Å². The third-order valence-corrected chi connectivity index (χ3v) is 8.81. The molecule has 0 aromatic heterocycles. The van der Waals surface area contributed by atoms with Gasteiger partial charge in [0.15, 0.2) is 15.3 Å². The Bertz CT molecular complexity index is 1220. The van der Waals surface area contributed by atoms with Gasteiger partial charge in [0.1, 0.15) is 17.5 Å². The highest BCUT2D eigenvalue weighted by Crippen LogP contribution is 2.47. The molecule has 2 aromatic rings. The van der Waals surface area contributed by atoms with Crippen molar-refractivity contribution < 1.29 is 28.1 Å². The molecular weight excluding hydrogens is 454 g/mol. The molecule has 1 spiro atoms. The smallest absolute Gasteiger partial charge is 0.187 e. The predicted molar refractivity (Wildman–Crippen MR) is 128 cm³/mol. The molecule has 2 aliphatic carbocycles. The third-order valence-electron chi connectivity index (χ3n) is 7.58. The van der Waals surface area contributed by atoms with E-state index in [0.29, 0.717) is 5.92 Å². The highest BCUT2D eigenvalue weighted by Gasteiger charge is 2.48. The zero-order valence-electron chi connectivity index (χ0n) is 19.2. The Morgan fingerprint density at radius 2 is 1.91 bits per heavy atom. The van der Waals surface area contributed by atoms with Crippen molar-refractivity contribution >= 4 is 15.5 Å². The zero-order valence-corrected chi connectivity index (χ0v) is 20.1. The van der Waals surface area contributed by atoms with Gasteiger partial charge in [0.05, 0.1) is 24.4 Å². The molecule has 2 aromatic carbocycles. The minimum absolute atomic E-state index is 0.00393. The number of hydrogen-bond acceptors (Lipinski definition) is 7. The maximum Gasteiger partial charge on any atom is 0.187 e. The van der Waals surface area contributed by atoms with Crippen LogP contribution in [-0.2, 0) is 21.0 Å². The van der Waals surface area contributed by atoms with Crippen LogP contribution in [0.4, 0.5) is 5.69 Å². The summed E-state index contributed by atoms with van der Waals surface area (Å²) in [5.74, 6) is 1.47. The number of aliphatic hydroxyl groups is 2. The van der Waals surface area contributed by atoms with E-state index >= 15 is 0 Å². The highest BCUT2D eigenvalue weighted by atomic mass is 32.2. The van der Waals surface area contributed by atoms with Gasteiger partial charge in [0.25, 0.3) is 0 Å². The number of hydrogen-bond donors (Lipinski definition) is 3. The Morgan fingerprint density at radius 3 is 2.62 bits per heavy atom. The molecule has 0 amide bonds. The van der Waals surface area contributed by atoms with Crippen LogP contribution in [0.3, 0.4) is 0 Å². The molecule has 3 N–H and O–H groups in total. The molecule has 34 heavy (non-hydrogen) atoms. The van der Waals surface area contributed by atoms with E-state index in [-0.39, 0.29) is 12.0 Å². The maximum absolute atomic E-state index is 12.1. The SMILES string of the molecule is CS(=O)(=O)[C@H]1O[C@@H](c2ccc(C3CC3)c(Cc3ccc4c(c3)NCC3(CC3)O4)c2)C[C@@H](O)[C@@H]1O. The number of rotatable bonds is 5. The molecule has 4 aliphatic rings. The van der Waals surface area contributed by atoms with Crippen molar-refractivity contribution in [2.45, 2.75) is 73.8 Å². The van der Waals surface area contributed by atoms with Gasteiger partial charge in [-0.3, -0.25) is 0 Å². The van der Waals surface area contributed by atoms with Gasteiger partial charge < -0.3 is 25.0 Å². The van der Waals surface area contributed by atoms with Gasteiger partial charge in [-0.1, -0.05) is 24.3 Å². The topological polar surface area (TPSA) is 105 Å². The molecule has 0 bridgehead atoms. The number of anilines is 1. The molecule has 2 aliphatic heterocycles. The fraction of sp³-hybridized carbons (Fsp3) is 0.538.